The fraction of sp³-hybridized carbons (Fsp3) is 0.364. The zero-order valence-corrected chi connectivity index (χ0v) is 17.7. The molecule has 6 nitrogen and oxygen atoms in total. The smallest absolute Gasteiger partial charge is 0.255 e. The summed E-state index contributed by atoms with van der Waals surface area (Å²) in [5.41, 5.74) is 2.05. The van der Waals surface area contributed by atoms with E-state index in [-0.39, 0.29) is 17.9 Å². The van der Waals surface area contributed by atoms with Crippen LogP contribution in [0.15, 0.2) is 42.5 Å². The van der Waals surface area contributed by atoms with Gasteiger partial charge in [0.1, 0.15) is 5.75 Å². The Labute approximate surface area is 176 Å². The molecule has 0 aromatic heterocycles. The van der Waals surface area contributed by atoms with Gasteiger partial charge in [0.15, 0.2) is 0 Å². The van der Waals surface area contributed by atoms with Gasteiger partial charge in [-0.3, -0.25) is 9.59 Å². The zero-order valence-electron chi connectivity index (χ0n) is 16.9. The highest BCUT2D eigenvalue weighted by Crippen LogP contribution is 2.30. The molecular formula is C22H26ClN3O3. The Kier molecular flexibility index (Phi) is 6.64. The Bertz CT molecular complexity index is 893. The molecule has 1 aliphatic rings. The van der Waals surface area contributed by atoms with Crippen LogP contribution in [0.1, 0.15) is 31.1 Å². The Morgan fingerprint density at radius 3 is 2.41 bits per heavy atom. The number of ether oxygens (including phenoxy) is 1. The molecule has 29 heavy (non-hydrogen) atoms. The number of benzene rings is 2. The first-order valence-corrected chi connectivity index (χ1v) is 10.1. The molecule has 154 valence electrons. The summed E-state index contributed by atoms with van der Waals surface area (Å²) in [6.45, 7) is 8.29. The Balaban J connectivity index is 1.66. The normalized spacial score (nSPS) is 14.1. The summed E-state index contributed by atoms with van der Waals surface area (Å²) >= 11 is 6.48. The SMILES string of the molecule is CC(=O)N1CCN(c2ccc(NC(=O)c3cccc(OC(C)C)c3)cc2Cl)CC1. The van der Waals surface area contributed by atoms with Crippen LogP contribution in [0.4, 0.5) is 11.4 Å². The minimum atomic E-state index is -0.224. The highest BCUT2D eigenvalue weighted by Gasteiger charge is 2.20. The summed E-state index contributed by atoms with van der Waals surface area (Å²) < 4.78 is 5.65. The molecule has 0 saturated carbocycles. The Morgan fingerprint density at radius 1 is 1.07 bits per heavy atom. The fourth-order valence-electron chi connectivity index (χ4n) is 3.29. The molecule has 1 N–H and O–H groups in total. The van der Waals surface area contributed by atoms with Crippen molar-refractivity contribution in [3.63, 3.8) is 0 Å². The van der Waals surface area contributed by atoms with Crippen molar-refractivity contribution in [2.45, 2.75) is 26.9 Å². The molecule has 2 amide bonds. The van der Waals surface area contributed by atoms with Crippen molar-refractivity contribution in [2.75, 3.05) is 36.4 Å². The van der Waals surface area contributed by atoms with Crippen LogP contribution in [0.2, 0.25) is 5.02 Å². The first kappa shape index (κ1) is 21.0. The number of anilines is 2. The molecule has 2 aromatic carbocycles. The Hall–Kier alpha value is -2.73. The molecule has 1 aliphatic heterocycles. The molecule has 7 heteroatoms. The lowest BCUT2D eigenvalue weighted by atomic mass is 10.2. The maximum atomic E-state index is 12.6. The largest absolute Gasteiger partial charge is 0.491 e. The lowest BCUT2D eigenvalue weighted by molar-refractivity contribution is -0.129. The Morgan fingerprint density at radius 2 is 1.79 bits per heavy atom. The van der Waals surface area contributed by atoms with Crippen LogP contribution in [-0.4, -0.2) is 49.0 Å². The van der Waals surface area contributed by atoms with Crippen LogP contribution in [0.25, 0.3) is 0 Å². The van der Waals surface area contributed by atoms with Crippen molar-refractivity contribution in [1.82, 2.24) is 4.90 Å². The second-order valence-corrected chi connectivity index (χ2v) is 7.72. The van der Waals surface area contributed by atoms with Crippen molar-refractivity contribution >= 4 is 34.8 Å². The lowest BCUT2D eigenvalue weighted by Gasteiger charge is -2.36. The molecule has 1 heterocycles. The maximum Gasteiger partial charge on any atom is 0.255 e. The van der Waals surface area contributed by atoms with Gasteiger partial charge < -0.3 is 19.9 Å². The molecule has 0 aliphatic carbocycles. The van der Waals surface area contributed by atoms with E-state index in [0.29, 0.717) is 35.1 Å². The number of hydrogen-bond acceptors (Lipinski definition) is 4. The number of amides is 2. The number of nitrogens with one attached hydrogen (secondary N) is 1. The summed E-state index contributed by atoms with van der Waals surface area (Å²) in [5, 5.41) is 3.45. The molecule has 0 radical (unpaired) electrons. The van der Waals surface area contributed by atoms with Crippen LogP contribution < -0.4 is 15.0 Å². The lowest BCUT2D eigenvalue weighted by Crippen LogP contribution is -2.48. The van der Waals surface area contributed by atoms with E-state index in [2.05, 4.69) is 10.2 Å². The van der Waals surface area contributed by atoms with E-state index in [1.165, 1.54) is 0 Å². The third-order valence-electron chi connectivity index (χ3n) is 4.74. The topological polar surface area (TPSA) is 61.9 Å². The average molecular weight is 416 g/mol. The molecular weight excluding hydrogens is 390 g/mol. The van der Waals surface area contributed by atoms with Gasteiger partial charge in [-0.15, -0.1) is 0 Å². The molecule has 0 spiro atoms. The molecule has 3 rings (SSSR count). The number of carbonyl (C=O) groups is 2. The first-order valence-electron chi connectivity index (χ1n) is 9.71. The fourth-order valence-corrected chi connectivity index (χ4v) is 3.59. The summed E-state index contributed by atoms with van der Waals surface area (Å²) in [4.78, 5) is 28.1. The number of nitrogens with zero attached hydrogens (tertiary/aromatic N) is 2. The number of piperazine rings is 1. The van der Waals surface area contributed by atoms with Gasteiger partial charge in [-0.1, -0.05) is 17.7 Å². The van der Waals surface area contributed by atoms with E-state index in [4.69, 9.17) is 16.3 Å². The quantitative estimate of drug-likeness (QED) is 0.800. The van der Waals surface area contributed by atoms with Crippen LogP contribution in [-0.2, 0) is 4.79 Å². The van der Waals surface area contributed by atoms with Crippen molar-refractivity contribution < 1.29 is 14.3 Å². The van der Waals surface area contributed by atoms with Crippen molar-refractivity contribution in [2.24, 2.45) is 0 Å². The van der Waals surface area contributed by atoms with Crippen LogP contribution in [0.5, 0.6) is 5.75 Å². The molecule has 2 aromatic rings. The number of rotatable bonds is 5. The number of hydrogen-bond donors (Lipinski definition) is 1. The second-order valence-electron chi connectivity index (χ2n) is 7.31. The highest BCUT2D eigenvalue weighted by atomic mass is 35.5. The maximum absolute atomic E-state index is 12.6. The predicted molar refractivity (Wildman–Crippen MR) is 116 cm³/mol. The van der Waals surface area contributed by atoms with Crippen molar-refractivity contribution in [1.29, 1.82) is 0 Å². The highest BCUT2D eigenvalue weighted by molar-refractivity contribution is 6.33. The van der Waals surface area contributed by atoms with Gasteiger partial charge >= 0.3 is 0 Å². The van der Waals surface area contributed by atoms with Gasteiger partial charge in [0.05, 0.1) is 16.8 Å². The number of carbonyl (C=O) groups excluding carboxylic acids is 2. The molecule has 0 unspecified atom stereocenters. The van der Waals surface area contributed by atoms with E-state index in [1.54, 1.807) is 31.2 Å². The zero-order chi connectivity index (χ0) is 21.0. The van der Waals surface area contributed by atoms with Gasteiger partial charge in [-0.2, -0.15) is 0 Å². The summed E-state index contributed by atoms with van der Waals surface area (Å²) in [6.07, 6.45) is 0.0389. The summed E-state index contributed by atoms with van der Waals surface area (Å²) in [6, 6.07) is 12.6. The van der Waals surface area contributed by atoms with Gasteiger partial charge in [0.25, 0.3) is 5.91 Å². The molecule has 0 atom stereocenters. The van der Waals surface area contributed by atoms with Crippen molar-refractivity contribution in [3.8, 4) is 5.75 Å². The van der Waals surface area contributed by atoms with E-state index in [1.807, 2.05) is 36.9 Å². The van der Waals surface area contributed by atoms with Gasteiger partial charge in [0.2, 0.25) is 5.91 Å². The third kappa shape index (κ3) is 5.41. The molecule has 0 bridgehead atoms. The van der Waals surface area contributed by atoms with E-state index in [9.17, 15) is 9.59 Å². The van der Waals surface area contributed by atoms with Gasteiger partial charge in [-0.05, 0) is 50.2 Å². The van der Waals surface area contributed by atoms with E-state index < -0.39 is 0 Å². The third-order valence-corrected chi connectivity index (χ3v) is 5.04. The summed E-state index contributed by atoms with van der Waals surface area (Å²) in [7, 11) is 0. The first-order chi connectivity index (χ1) is 13.8. The molecule has 1 saturated heterocycles. The van der Waals surface area contributed by atoms with E-state index >= 15 is 0 Å². The van der Waals surface area contributed by atoms with Gasteiger partial charge in [-0.25, -0.2) is 0 Å². The van der Waals surface area contributed by atoms with Crippen LogP contribution >= 0.6 is 11.6 Å². The van der Waals surface area contributed by atoms with Crippen LogP contribution in [0.3, 0.4) is 0 Å². The minimum absolute atomic E-state index is 0.0389. The average Bonchev–Trinajstić information content (AvgIpc) is 2.68. The summed E-state index contributed by atoms with van der Waals surface area (Å²) in [5.74, 6) is 0.528. The standard InChI is InChI=1S/C22H26ClN3O3/c1-15(2)29-19-6-4-5-17(13-19)22(28)24-18-7-8-21(20(23)14-18)26-11-9-25(10-12-26)16(3)27/h4-8,13-15H,9-12H2,1-3H3,(H,24,28). The van der Waals surface area contributed by atoms with Crippen molar-refractivity contribution in [3.05, 3.63) is 53.1 Å². The minimum Gasteiger partial charge on any atom is -0.491 e. The molecule has 1 fully saturated rings. The second kappa shape index (κ2) is 9.18. The van der Waals surface area contributed by atoms with Gasteiger partial charge in [0, 0.05) is 44.4 Å². The number of halogens is 1. The predicted octanol–water partition coefficient (Wildman–Crippen LogP) is 4.05. The van der Waals surface area contributed by atoms with E-state index in [0.717, 1.165) is 18.8 Å². The monoisotopic (exact) mass is 415 g/mol. The van der Waals surface area contributed by atoms with Crippen LogP contribution in [0, 0.1) is 0 Å².